The molecule has 2 atom stereocenters. The minimum absolute atomic E-state index is 0.136. The van der Waals surface area contributed by atoms with Crippen molar-refractivity contribution in [2.75, 3.05) is 13.1 Å². The van der Waals surface area contributed by atoms with Gasteiger partial charge in [0, 0.05) is 13.1 Å². The Bertz CT molecular complexity index is 460. The van der Waals surface area contributed by atoms with Crippen LogP contribution in [0.1, 0.15) is 24.8 Å². The van der Waals surface area contributed by atoms with Crippen molar-refractivity contribution in [2.45, 2.75) is 24.9 Å². The lowest BCUT2D eigenvalue weighted by Crippen LogP contribution is -2.44. The normalized spacial score (nSPS) is 15.2. The van der Waals surface area contributed by atoms with Crippen LogP contribution in [0.5, 0.6) is 0 Å². The van der Waals surface area contributed by atoms with E-state index in [0.717, 1.165) is 5.56 Å². The summed E-state index contributed by atoms with van der Waals surface area (Å²) >= 11 is 0. The zero-order valence-corrected chi connectivity index (χ0v) is 11.4. The predicted molar refractivity (Wildman–Crippen MR) is 74.1 cm³/mol. The molecule has 0 aliphatic heterocycles. The van der Waals surface area contributed by atoms with Gasteiger partial charge in [-0.05, 0) is 12.5 Å². The maximum absolute atomic E-state index is 12.1. The summed E-state index contributed by atoms with van der Waals surface area (Å²) in [6.07, 6.45) is -0.439. The molecule has 20 heavy (non-hydrogen) atoms. The third kappa shape index (κ3) is 4.99. The van der Waals surface area contributed by atoms with Crippen LogP contribution in [0.3, 0.4) is 0 Å². The van der Waals surface area contributed by atoms with Crippen LogP contribution < -0.4 is 11.1 Å². The first kappa shape index (κ1) is 16.1. The third-order valence-electron chi connectivity index (χ3n) is 2.93. The summed E-state index contributed by atoms with van der Waals surface area (Å²) < 4.78 is 0. The summed E-state index contributed by atoms with van der Waals surface area (Å²) in [5.74, 6) is -1.97. The quantitative estimate of drug-likeness (QED) is 0.564. The molecule has 0 saturated carbocycles. The second kappa shape index (κ2) is 7.02. The molecule has 0 aliphatic carbocycles. The molecule has 0 radical (unpaired) electrons. The van der Waals surface area contributed by atoms with Crippen molar-refractivity contribution in [3.05, 3.63) is 35.9 Å². The summed E-state index contributed by atoms with van der Waals surface area (Å²) in [7, 11) is 0. The monoisotopic (exact) mass is 280 g/mol. The lowest BCUT2D eigenvalue weighted by atomic mass is 9.97. The van der Waals surface area contributed by atoms with Crippen LogP contribution in [-0.2, 0) is 9.59 Å². The number of carbonyl (C=O) groups excluding carboxylic acids is 1. The Morgan fingerprint density at radius 1 is 1.35 bits per heavy atom. The van der Waals surface area contributed by atoms with E-state index in [0.29, 0.717) is 0 Å². The average molecular weight is 280 g/mol. The fraction of sp³-hybridized carbons (Fsp3) is 0.429. The molecular formula is C14H20N2O4. The van der Waals surface area contributed by atoms with Crippen molar-refractivity contribution < 1.29 is 19.8 Å². The predicted octanol–water partition coefficient (Wildman–Crippen LogP) is 0.0708. The summed E-state index contributed by atoms with van der Waals surface area (Å²) in [5.41, 5.74) is 4.90. The Balaban J connectivity index is 2.63. The minimum atomic E-state index is -1.49. The second-order valence-corrected chi connectivity index (χ2v) is 4.98. The van der Waals surface area contributed by atoms with Gasteiger partial charge in [0.15, 0.2) is 0 Å². The summed E-state index contributed by atoms with van der Waals surface area (Å²) in [6.45, 7) is 1.36. The molecule has 0 saturated heterocycles. The number of carboxylic acids is 1. The Morgan fingerprint density at radius 3 is 2.45 bits per heavy atom. The number of benzene rings is 1. The van der Waals surface area contributed by atoms with Gasteiger partial charge in [0.25, 0.3) is 0 Å². The van der Waals surface area contributed by atoms with Crippen molar-refractivity contribution in [1.82, 2.24) is 5.32 Å². The molecule has 5 N–H and O–H groups in total. The average Bonchev–Trinajstić information content (AvgIpc) is 2.37. The highest BCUT2D eigenvalue weighted by Gasteiger charge is 2.27. The first-order chi connectivity index (χ1) is 9.35. The molecule has 6 nitrogen and oxygen atoms in total. The van der Waals surface area contributed by atoms with Crippen molar-refractivity contribution in [3.8, 4) is 0 Å². The molecule has 1 aromatic rings. The summed E-state index contributed by atoms with van der Waals surface area (Å²) in [6, 6.07) is 9.06. The standard InChI is InChI=1S/C14H20N2O4/c1-14(20,7-12(17)18)9-16-13(19)11(8-15)10-5-3-2-4-6-10/h2-6,11,20H,7-9,15H2,1H3,(H,16,19)(H,17,18). The maximum Gasteiger partial charge on any atom is 0.306 e. The lowest BCUT2D eigenvalue weighted by molar-refractivity contribution is -0.142. The van der Waals surface area contributed by atoms with Gasteiger partial charge in [-0.15, -0.1) is 0 Å². The van der Waals surface area contributed by atoms with E-state index in [9.17, 15) is 14.7 Å². The van der Waals surface area contributed by atoms with Gasteiger partial charge in [0.1, 0.15) is 0 Å². The number of amides is 1. The van der Waals surface area contributed by atoms with Crippen LogP contribution in [0.4, 0.5) is 0 Å². The zero-order valence-electron chi connectivity index (χ0n) is 11.4. The molecule has 0 fully saturated rings. The molecule has 2 unspecified atom stereocenters. The van der Waals surface area contributed by atoms with Gasteiger partial charge in [-0.3, -0.25) is 9.59 Å². The van der Waals surface area contributed by atoms with Crippen LogP contribution >= 0.6 is 0 Å². The molecule has 0 aliphatic rings. The largest absolute Gasteiger partial charge is 0.481 e. The Morgan fingerprint density at radius 2 is 1.95 bits per heavy atom. The molecule has 0 aromatic heterocycles. The number of carboxylic acid groups (broad SMARTS) is 1. The van der Waals surface area contributed by atoms with Crippen LogP contribution in [0.25, 0.3) is 0 Å². The minimum Gasteiger partial charge on any atom is -0.481 e. The van der Waals surface area contributed by atoms with E-state index >= 15 is 0 Å². The van der Waals surface area contributed by atoms with Gasteiger partial charge >= 0.3 is 5.97 Å². The van der Waals surface area contributed by atoms with E-state index in [1.807, 2.05) is 18.2 Å². The zero-order chi connectivity index (χ0) is 15.2. The van der Waals surface area contributed by atoms with Gasteiger partial charge in [0.2, 0.25) is 5.91 Å². The number of hydrogen-bond donors (Lipinski definition) is 4. The van der Waals surface area contributed by atoms with Crippen molar-refractivity contribution in [1.29, 1.82) is 0 Å². The SMILES string of the molecule is CC(O)(CNC(=O)C(CN)c1ccccc1)CC(=O)O. The van der Waals surface area contributed by atoms with E-state index in [2.05, 4.69) is 5.32 Å². The first-order valence-electron chi connectivity index (χ1n) is 6.32. The number of rotatable bonds is 7. The molecule has 1 amide bonds. The summed E-state index contributed by atoms with van der Waals surface area (Å²) in [5, 5.41) is 21.0. The van der Waals surface area contributed by atoms with Crippen molar-refractivity contribution in [3.63, 3.8) is 0 Å². The lowest BCUT2D eigenvalue weighted by Gasteiger charge is -2.23. The highest BCUT2D eigenvalue weighted by Crippen LogP contribution is 2.15. The molecule has 0 spiro atoms. The fourth-order valence-corrected chi connectivity index (χ4v) is 1.87. The van der Waals surface area contributed by atoms with Crippen molar-refractivity contribution >= 4 is 11.9 Å². The molecule has 1 rings (SSSR count). The number of aliphatic hydroxyl groups is 1. The number of aliphatic carboxylic acids is 1. The highest BCUT2D eigenvalue weighted by atomic mass is 16.4. The molecule has 0 bridgehead atoms. The van der Waals surface area contributed by atoms with Crippen LogP contribution in [0, 0.1) is 0 Å². The number of carbonyl (C=O) groups is 2. The Kier molecular flexibility index (Phi) is 5.66. The Hall–Kier alpha value is -1.92. The number of nitrogens with one attached hydrogen (secondary N) is 1. The fourth-order valence-electron chi connectivity index (χ4n) is 1.87. The van der Waals surface area contributed by atoms with Crippen LogP contribution in [0.2, 0.25) is 0 Å². The molecule has 6 heteroatoms. The molecule has 1 aromatic carbocycles. The smallest absolute Gasteiger partial charge is 0.306 e. The van der Waals surface area contributed by atoms with Crippen LogP contribution in [-0.4, -0.2) is 40.8 Å². The van der Waals surface area contributed by atoms with Gasteiger partial charge in [-0.2, -0.15) is 0 Å². The molecule has 0 heterocycles. The van der Waals surface area contributed by atoms with E-state index in [1.54, 1.807) is 12.1 Å². The number of nitrogens with two attached hydrogens (primary N) is 1. The summed E-state index contributed by atoms with van der Waals surface area (Å²) in [4.78, 5) is 22.6. The van der Waals surface area contributed by atoms with Crippen molar-refractivity contribution in [2.24, 2.45) is 5.73 Å². The van der Waals surface area contributed by atoms with Gasteiger partial charge in [-0.25, -0.2) is 0 Å². The van der Waals surface area contributed by atoms with Gasteiger partial charge in [-0.1, -0.05) is 30.3 Å². The van der Waals surface area contributed by atoms with Gasteiger partial charge < -0.3 is 21.3 Å². The van der Waals surface area contributed by atoms with E-state index in [4.69, 9.17) is 10.8 Å². The van der Waals surface area contributed by atoms with E-state index in [1.165, 1.54) is 6.92 Å². The van der Waals surface area contributed by atoms with E-state index in [-0.39, 0.29) is 19.0 Å². The van der Waals surface area contributed by atoms with E-state index < -0.39 is 23.9 Å². The maximum atomic E-state index is 12.1. The topological polar surface area (TPSA) is 113 Å². The molecular weight excluding hydrogens is 260 g/mol. The van der Waals surface area contributed by atoms with Gasteiger partial charge in [0.05, 0.1) is 17.9 Å². The second-order valence-electron chi connectivity index (χ2n) is 4.98. The number of hydrogen-bond acceptors (Lipinski definition) is 4. The van der Waals surface area contributed by atoms with Crippen LogP contribution in [0.15, 0.2) is 30.3 Å². The molecule has 110 valence electrons. The third-order valence-corrected chi connectivity index (χ3v) is 2.93. The first-order valence-corrected chi connectivity index (χ1v) is 6.32. The highest BCUT2D eigenvalue weighted by molar-refractivity contribution is 5.84. The Labute approximate surface area is 117 Å².